The molecule has 1 aromatic heterocycles. The first-order valence-electron chi connectivity index (χ1n) is 7.13. The van der Waals surface area contributed by atoms with E-state index in [1.807, 2.05) is 24.5 Å². The van der Waals surface area contributed by atoms with Crippen molar-refractivity contribution in [3.63, 3.8) is 0 Å². The normalized spacial score (nSPS) is 12.5. The summed E-state index contributed by atoms with van der Waals surface area (Å²) in [7, 11) is 0. The molecule has 3 nitrogen and oxygen atoms in total. The van der Waals surface area contributed by atoms with Crippen molar-refractivity contribution in [1.82, 2.24) is 10.4 Å². The van der Waals surface area contributed by atoms with Gasteiger partial charge in [-0.3, -0.25) is 16.3 Å². The number of nitrogens with two attached hydrogens (primary N) is 1. The smallest absolute Gasteiger partial charge is 0.0521 e. The lowest BCUT2D eigenvalue weighted by molar-refractivity contribution is 0.553. The number of hydrazine groups is 1. The molecule has 1 unspecified atom stereocenters. The summed E-state index contributed by atoms with van der Waals surface area (Å²) in [5, 5.41) is 2.34. The molecule has 0 aliphatic rings. The predicted octanol–water partition coefficient (Wildman–Crippen LogP) is 3.29. The molecule has 3 heteroatoms. The van der Waals surface area contributed by atoms with Crippen LogP contribution in [0.15, 0.2) is 60.9 Å². The molecule has 0 radical (unpaired) electrons. The molecule has 0 aliphatic heterocycles. The van der Waals surface area contributed by atoms with Gasteiger partial charge in [-0.05, 0) is 35.4 Å². The third-order valence-electron chi connectivity index (χ3n) is 3.96. The van der Waals surface area contributed by atoms with Gasteiger partial charge >= 0.3 is 0 Å². The first-order chi connectivity index (χ1) is 10.3. The summed E-state index contributed by atoms with van der Waals surface area (Å²) in [6, 6.07) is 16.7. The van der Waals surface area contributed by atoms with Crippen LogP contribution in [0.3, 0.4) is 0 Å². The fraction of sp³-hybridized carbons (Fsp3) is 0.167. The van der Waals surface area contributed by atoms with Crippen LogP contribution < -0.4 is 11.3 Å². The second kappa shape index (κ2) is 6.04. The van der Waals surface area contributed by atoms with Gasteiger partial charge in [0.15, 0.2) is 0 Å². The molecule has 106 valence electrons. The van der Waals surface area contributed by atoms with E-state index in [4.69, 9.17) is 5.84 Å². The highest BCUT2D eigenvalue weighted by Gasteiger charge is 2.14. The van der Waals surface area contributed by atoms with E-state index in [2.05, 4.69) is 53.7 Å². The van der Waals surface area contributed by atoms with Crippen molar-refractivity contribution in [3.8, 4) is 0 Å². The van der Waals surface area contributed by atoms with Gasteiger partial charge in [-0.25, -0.2) is 0 Å². The van der Waals surface area contributed by atoms with Crippen molar-refractivity contribution in [2.75, 3.05) is 0 Å². The van der Waals surface area contributed by atoms with Crippen LogP contribution in [0.1, 0.15) is 22.7 Å². The maximum atomic E-state index is 5.82. The molecular formula is C18H19N3. The highest BCUT2D eigenvalue weighted by atomic mass is 15.2. The molecule has 3 rings (SSSR count). The average Bonchev–Trinajstić information content (AvgIpc) is 2.54. The predicted molar refractivity (Wildman–Crippen MR) is 86.7 cm³/mol. The first kappa shape index (κ1) is 13.7. The summed E-state index contributed by atoms with van der Waals surface area (Å²) in [5.41, 5.74) is 6.67. The Kier molecular flexibility index (Phi) is 3.95. The molecule has 21 heavy (non-hydrogen) atoms. The Morgan fingerprint density at radius 3 is 2.62 bits per heavy atom. The molecule has 1 atom stereocenters. The number of rotatable bonds is 4. The molecule has 0 aliphatic carbocycles. The van der Waals surface area contributed by atoms with Gasteiger partial charge in [0.25, 0.3) is 0 Å². The van der Waals surface area contributed by atoms with Crippen molar-refractivity contribution in [2.45, 2.75) is 19.4 Å². The van der Waals surface area contributed by atoms with E-state index in [0.717, 1.165) is 17.4 Å². The SMILES string of the molecule is Cc1ccccc1CC(NN)c1cncc2ccccc12. The third-order valence-corrected chi connectivity index (χ3v) is 3.96. The van der Waals surface area contributed by atoms with E-state index in [1.165, 1.54) is 16.5 Å². The second-order valence-corrected chi connectivity index (χ2v) is 5.30. The summed E-state index contributed by atoms with van der Waals surface area (Å²) >= 11 is 0. The van der Waals surface area contributed by atoms with Crippen LogP contribution in [0.25, 0.3) is 10.8 Å². The number of nitrogens with one attached hydrogen (secondary N) is 1. The molecule has 0 saturated heterocycles. The van der Waals surface area contributed by atoms with Crippen molar-refractivity contribution in [1.29, 1.82) is 0 Å². The fourth-order valence-corrected chi connectivity index (χ4v) is 2.74. The first-order valence-corrected chi connectivity index (χ1v) is 7.13. The van der Waals surface area contributed by atoms with E-state index in [-0.39, 0.29) is 6.04 Å². The standard InChI is InChI=1S/C18H19N3/c1-13-6-2-3-7-14(13)10-18(21-19)17-12-20-11-15-8-4-5-9-16(15)17/h2-9,11-12,18,21H,10,19H2,1H3. The number of hydrogen-bond acceptors (Lipinski definition) is 3. The molecule has 2 aromatic carbocycles. The topological polar surface area (TPSA) is 50.9 Å². The van der Waals surface area contributed by atoms with Crippen LogP contribution >= 0.6 is 0 Å². The largest absolute Gasteiger partial charge is 0.271 e. The van der Waals surface area contributed by atoms with E-state index in [9.17, 15) is 0 Å². The Morgan fingerprint density at radius 1 is 1.05 bits per heavy atom. The fourth-order valence-electron chi connectivity index (χ4n) is 2.74. The van der Waals surface area contributed by atoms with Crippen molar-refractivity contribution >= 4 is 10.8 Å². The lowest BCUT2D eigenvalue weighted by atomic mass is 9.94. The Balaban J connectivity index is 2.01. The highest BCUT2D eigenvalue weighted by molar-refractivity contribution is 5.85. The van der Waals surface area contributed by atoms with Crippen LogP contribution in [0, 0.1) is 6.92 Å². The molecule has 0 spiro atoms. The van der Waals surface area contributed by atoms with Gasteiger partial charge in [0.2, 0.25) is 0 Å². The zero-order valence-electron chi connectivity index (χ0n) is 12.1. The quantitative estimate of drug-likeness (QED) is 0.568. The van der Waals surface area contributed by atoms with Crippen molar-refractivity contribution in [3.05, 3.63) is 77.6 Å². The Labute approximate surface area is 124 Å². The van der Waals surface area contributed by atoms with Gasteiger partial charge in [0, 0.05) is 17.8 Å². The van der Waals surface area contributed by atoms with Gasteiger partial charge < -0.3 is 0 Å². The molecule has 0 fully saturated rings. The lowest BCUT2D eigenvalue weighted by Crippen LogP contribution is -2.30. The molecule has 0 amide bonds. The molecule has 1 heterocycles. The number of hydrogen-bond donors (Lipinski definition) is 2. The molecular weight excluding hydrogens is 258 g/mol. The van der Waals surface area contributed by atoms with Crippen LogP contribution in [0.4, 0.5) is 0 Å². The number of pyridine rings is 1. The monoisotopic (exact) mass is 277 g/mol. The van der Waals surface area contributed by atoms with E-state index >= 15 is 0 Å². The van der Waals surface area contributed by atoms with Crippen LogP contribution in [-0.4, -0.2) is 4.98 Å². The number of aryl methyl sites for hydroxylation is 1. The Morgan fingerprint density at radius 2 is 1.81 bits per heavy atom. The minimum atomic E-state index is 0.0460. The van der Waals surface area contributed by atoms with Crippen LogP contribution in [0.5, 0.6) is 0 Å². The van der Waals surface area contributed by atoms with Gasteiger partial charge in [-0.15, -0.1) is 0 Å². The molecule has 3 N–H and O–H groups in total. The maximum absolute atomic E-state index is 5.82. The maximum Gasteiger partial charge on any atom is 0.0521 e. The van der Waals surface area contributed by atoms with E-state index < -0.39 is 0 Å². The zero-order valence-corrected chi connectivity index (χ0v) is 12.1. The van der Waals surface area contributed by atoms with Gasteiger partial charge in [0.05, 0.1) is 6.04 Å². The van der Waals surface area contributed by atoms with E-state index in [1.54, 1.807) is 0 Å². The lowest BCUT2D eigenvalue weighted by Gasteiger charge is -2.19. The molecule has 0 saturated carbocycles. The highest BCUT2D eigenvalue weighted by Crippen LogP contribution is 2.26. The van der Waals surface area contributed by atoms with Gasteiger partial charge in [-0.2, -0.15) is 0 Å². The van der Waals surface area contributed by atoms with Gasteiger partial charge in [-0.1, -0.05) is 48.5 Å². The summed E-state index contributed by atoms with van der Waals surface area (Å²) in [4.78, 5) is 4.35. The minimum absolute atomic E-state index is 0.0460. The summed E-state index contributed by atoms with van der Waals surface area (Å²) < 4.78 is 0. The second-order valence-electron chi connectivity index (χ2n) is 5.30. The number of aromatic nitrogens is 1. The summed E-state index contributed by atoms with van der Waals surface area (Å²) in [6.07, 6.45) is 4.64. The third kappa shape index (κ3) is 2.79. The number of benzene rings is 2. The molecule has 0 bridgehead atoms. The summed E-state index contributed by atoms with van der Waals surface area (Å²) in [5.74, 6) is 5.82. The van der Waals surface area contributed by atoms with E-state index in [0.29, 0.717) is 0 Å². The number of nitrogens with zero attached hydrogens (tertiary/aromatic N) is 1. The van der Waals surface area contributed by atoms with Gasteiger partial charge in [0.1, 0.15) is 0 Å². The summed E-state index contributed by atoms with van der Waals surface area (Å²) in [6.45, 7) is 2.13. The Bertz CT molecular complexity index is 747. The minimum Gasteiger partial charge on any atom is -0.271 e. The number of fused-ring (bicyclic) bond motifs is 1. The molecule has 3 aromatic rings. The zero-order chi connectivity index (χ0) is 14.7. The Hall–Kier alpha value is -2.23. The van der Waals surface area contributed by atoms with Crippen molar-refractivity contribution < 1.29 is 0 Å². The average molecular weight is 277 g/mol. The van der Waals surface area contributed by atoms with Crippen LogP contribution in [0.2, 0.25) is 0 Å². The van der Waals surface area contributed by atoms with Crippen molar-refractivity contribution in [2.24, 2.45) is 5.84 Å². The van der Waals surface area contributed by atoms with Crippen LogP contribution in [-0.2, 0) is 6.42 Å².